The Balaban J connectivity index is 0.811. The first-order valence-electron chi connectivity index (χ1n) is 23.8. The maximum atomic E-state index is 14.1. The lowest BCUT2D eigenvalue weighted by Gasteiger charge is -2.35. The molecular formula is C53H60ClFN8O5S2. The van der Waals surface area contributed by atoms with E-state index in [1.165, 1.54) is 41.8 Å². The Hall–Kier alpha value is -6.23. The Morgan fingerprint density at radius 3 is 2.34 bits per heavy atom. The highest BCUT2D eigenvalue weighted by atomic mass is 35.5. The first kappa shape index (κ1) is 51.6. The van der Waals surface area contributed by atoms with Gasteiger partial charge in [0.25, 0.3) is 11.8 Å². The van der Waals surface area contributed by atoms with Crippen LogP contribution in [0.25, 0.3) is 20.5 Å². The Morgan fingerprint density at radius 1 is 0.857 bits per heavy atom. The van der Waals surface area contributed by atoms with Gasteiger partial charge in [0.05, 0.1) is 43.6 Å². The summed E-state index contributed by atoms with van der Waals surface area (Å²) in [6.45, 7) is 9.03. The lowest BCUT2D eigenvalue weighted by atomic mass is 9.85. The number of carbonyl (C=O) groups excluding carboxylic acids is 5. The van der Waals surface area contributed by atoms with Crippen LogP contribution in [0.4, 0.5) is 21.6 Å². The fourth-order valence-corrected chi connectivity index (χ4v) is 10.4. The fraction of sp³-hybridized carbons (Fsp3) is 0.377. The molecule has 7 rings (SSSR count). The van der Waals surface area contributed by atoms with Crippen LogP contribution in [0, 0.1) is 18.2 Å². The molecule has 1 saturated heterocycles. The van der Waals surface area contributed by atoms with Crippen LogP contribution in [0.5, 0.6) is 0 Å². The minimum Gasteiger partial charge on any atom is -0.352 e. The highest BCUT2D eigenvalue weighted by molar-refractivity contribution is 7.17. The molecule has 0 bridgehead atoms. The Bertz CT molecular complexity index is 2810. The van der Waals surface area contributed by atoms with Crippen molar-refractivity contribution >= 4 is 91.1 Å². The van der Waals surface area contributed by atoms with Crippen molar-refractivity contribution < 1.29 is 28.4 Å². The Morgan fingerprint density at radius 2 is 1.60 bits per heavy atom. The number of carbonyl (C=O) groups is 5. The number of thiophene rings is 1. The van der Waals surface area contributed by atoms with Gasteiger partial charge in [-0.15, -0.1) is 22.7 Å². The zero-order chi connectivity index (χ0) is 49.8. The second-order valence-electron chi connectivity index (χ2n) is 18.7. The van der Waals surface area contributed by atoms with E-state index in [0.717, 1.165) is 70.3 Å². The number of thiazole rings is 1. The SMILES string of the molecule is Cc1ncsc1-c1ccc(CNC(=O)C2CCCN2C(=O)C(NC(=O)CCCCCCCCCNC(=O)c2cnc(Nc3cc(F)ccc3Cl)c(NC(=O)c3csc4ccccc34)c2)C(C)(C)C)cc1. The molecule has 368 valence electrons. The van der Waals surface area contributed by atoms with Gasteiger partial charge in [-0.2, -0.15) is 0 Å². The molecule has 6 aromatic rings. The highest BCUT2D eigenvalue weighted by Crippen LogP contribution is 2.33. The summed E-state index contributed by atoms with van der Waals surface area (Å²) in [5, 5.41) is 17.7. The first-order valence-corrected chi connectivity index (χ1v) is 25.9. The molecule has 3 aromatic carbocycles. The molecule has 3 aromatic heterocycles. The van der Waals surface area contributed by atoms with Crippen molar-refractivity contribution in [2.24, 2.45) is 5.41 Å². The number of likely N-dealkylation sites (tertiary alicyclic amines) is 1. The molecule has 0 spiro atoms. The van der Waals surface area contributed by atoms with Gasteiger partial charge in [-0.1, -0.05) is 107 Å². The van der Waals surface area contributed by atoms with Crippen LogP contribution in [0.1, 0.15) is 117 Å². The molecule has 5 N–H and O–H groups in total. The predicted molar refractivity (Wildman–Crippen MR) is 278 cm³/mol. The number of aromatic nitrogens is 2. The van der Waals surface area contributed by atoms with Gasteiger partial charge in [0.15, 0.2) is 5.82 Å². The van der Waals surface area contributed by atoms with Crippen molar-refractivity contribution in [3.8, 4) is 10.4 Å². The van der Waals surface area contributed by atoms with Gasteiger partial charge in [0, 0.05) is 47.7 Å². The van der Waals surface area contributed by atoms with E-state index in [-0.39, 0.29) is 57.3 Å². The molecule has 17 heteroatoms. The van der Waals surface area contributed by atoms with Gasteiger partial charge < -0.3 is 31.5 Å². The maximum Gasteiger partial charge on any atom is 0.257 e. The van der Waals surface area contributed by atoms with Crippen molar-refractivity contribution in [2.45, 2.75) is 111 Å². The van der Waals surface area contributed by atoms with Gasteiger partial charge in [-0.05, 0) is 79.5 Å². The molecule has 0 radical (unpaired) electrons. The molecule has 2 unspecified atom stereocenters. The predicted octanol–water partition coefficient (Wildman–Crippen LogP) is 11.2. The third kappa shape index (κ3) is 13.5. The number of hydrogen-bond donors (Lipinski definition) is 5. The minimum atomic E-state index is -0.768. The third-order valence-corrected chi connectivity index (χ3v) is 14.6. The Labute approximate surface area is 421 Å². The second-order valence-corrected chi connectivity index (χ2v) is 20.9. The number of nitrogens with zero attached hydrogens (tertiary/aromatic N) is 3. The summed E-state index contributed by atoms with van der Waals surface area (Å²) in [7, 11) is 0. The fourth-order valence-electron chi connectivity index (χ4n) is 8.46. The van der Waals surface area contributed by atoms with Crippen molar-refractivity contribution in [3.05, 3.63) is 123 Å². The van der Waals surface area contributed by atoms with Gasteiger partial charge in [0.2, 0.25) is 17.7 Å². The number of aryl methyl sites for hydroxylation is 1. The number of anilines is 3. The van der Waals surface area contributed by atoms with E-state index >= 15 is 0 Å². The van der Waals surface area contributed by atoms with Crippen LogP contribution >= 0.6 is 34.3 Å². The number of amides is 5. The third-order valence-electron chi connectivity index (χ3n) is 12.4. The van der Waals surface area contributed by atoms with Crippen molar-refractivity contribution in [1.82, 2.24) is 30.8 Å². The molecule has 4 heterocycles. The second kappa shape index (κ2) is 24.1. The van der Waals surface area contributed by atoms with Gasteiger partial charge in [-0.25, -0.2) is 14.4 Å². The smallest absolute Gasteiger partial charge is 0.257 e. The summed E-state index contributed by atoms with van der Waals surface area (Å²) in [4.78, 5) is 79.0. The quantitative estimate of drug-likeness (QED) is 0.0443. The lowest BCUT2D eigenvalue weighted by molar-refractivity contribution is -0.143. The van der Waals surface area contributed by atoms with Crippen LogP contribution < -0.4 is 26.6 Å². The van der Waals surface area contributed by atoms with E-state index < -0.39 is 23.3 Å². The average Bonchev–Trinajstić information content (AvgIpc) is 4.12. The standard InChI is InChI=1S/C53H60ClFN8O5S2/c1-33-46(70-32-59-33)35-21-19-34(20-22-35)29-58-51(67)43-16-14-26-63(43)52(68)47(53(2,3)4)62-45(64)18-10-8-6-5-7-9-13-25-56-49(65)36-27-42(48(57-30-36)60-41-28-37(55)23-24-40(41)54)61-50(66)39-31-69-44-17-12-11-15-38(39)44/h11-12,15,17,19-24,27-28,30-32,43,47H,5-10,13-14,16,18,25-26,29H2,1-4H3,(H,56,65)(H,57,60)(H,58,67)(H,61,66)(H,62,64). The largest absolute Gasteiger partial charge is 0.352 e. The first-order chi connectivity index (χ1) is 33.7. The van der Waals surface area contributed by atoms with Crippen LogP contribution in [-0.4, -0.2) is 69.6 Å². The molecule has 13 nitrogen and oxygen atoms in total. The molecule has 1 aliphatic heterocycles. The van der Waals surface area contributed by atoms with Crippen molar-refractivity contribution in [3.63, 3.8) is 0 Å². The average molecular weight is 1010 g/mol. The molecule has 2 atom stereocenters. The molecule has 70 heavy (non-hydrogen) atoms. The van der Waals surface area contributed by atoms with Crippen LogP contribution in [0.15, 0.2) is 89.9 Å². The van der Waals surface area contributed by atoms with Crippen molar-refractivity contribution in [2.75, 3.05) is 23.7 Å². The Kier molecular flexibility index (Phi) is 17.7. The molecule has 0 aliphatic carbocycles. The van der Waals surface area contributed by atoms with Gasteiger partial charge >= 0.3 is 0 Å². The van der Waals surface area contributed by atoms with E-state index in [0.29, 0.717) is 50.9 Å². The van der Waals surface area contributed by atoms with Crippen molar-refractivity contribution in [1.29, 1.82) is 0 Å². The molecule has 1 aliphatic rings. The van der Waals surface area contributed by atoms with E-state index in [4.69, 9.17) is 11.6 Å². The molecular weight excluding hydrogens is 947 g/mol. The lowest BCUT2D eigenvalue weighted by Crippen LogP contribution is -2.57. The van der Waals surface area contributed by atoms with E-state index in [1.54, 1.807) is 21.6 Å². The van der Waals surface area contributed by atoms with E-state index in [9.17, 15) is 28.4 Å². The highest BCUT2D eigenvalue weighted by Gasteiger charge is 2.41. The number of pyridine rings is 1. The maximum absolute atomic E-state index is 14.1. The summed E-state index contributed by atoms with van der Waals surface area (Å²) in [5.41, 5.74) is 5.49. The summed E-state index contributed by atoms with van der Waals surface area (Å²) in [6.07, 6.45) is 9.09. The summed E-state index contributed by atoms with van der Waals surface area (Å²) < 4.78 is 15.1. The number of unbranched alkanes of at least 4 members (excludes halogenated alkanes) is 6. The van der Waals surface area contributed by atoms with Crippen LogP contribution in [0.2, 0.25) is 5.02 Å². The molecule has 5 amide bonds. The molecule has 0 saturated carbocycles. The number of nitrogens with one attached hydrogen (secondary N) is 5. The number of rotatable bonds is 21. The van der Waals surface area contributed by atoms with Gasteiger partial charge in [-0.3, -0.25) is 24.0 Å². The number of benzene rings is 3. The number of hydrogen-bond acceptors (Lipinski definition) is 10. The zero-order valence-electron chi connectivity index (χ0n) is 40.0. The van der Waals surface area contributed by atoms with E-state index in [2.05, 4.69) is 36.6 Å². The zero-order valence-corrected chi connectivity index (χ0v) is 42.4. The minimum absolute atomic E-state index is 0.177. The molecule has 1 fully saturated rings. The van der Waals surface area contributed by atoms with Crippen LogP contribution in [-0.2, 0) is 20.9 Å². The van der Waals surface area contributed by atoms with E-state index in [1.807, 2.05) is 81.7 Å². The van der Waals surface area contributed by atoms with Crippen LogP contribution in [0.3, 0.4) is 0 Å². The summed E-state index contributed by atoms with van der Waals surface area (Å²) in [6, 6.07) is 19.7. The number of fused-ring (bicyclic) bond motifs is 1. The summed E-state index contributed by atoms with van der Waals surface area (Å²) in [5.74, 6) is -1.66. The summed E-state index contributed by atoms with van der Waals surface area (Å²) >= 11 is 9.36. The monoisotopic (exact) mass is 1010 g/mol. The van der Waals surface area contributed by atoms with Gasteiger partial charge in [0.1, 0.15) is 17.9 Å². The normalized spacial score (nSPS) is 14.0. The number of halogens is 2. The topological polar surface area (TPSA) is 175 Å².